The number of hydrogen-bond acceptors (Lipinski definition) is 12. The molecule has 0 saturated heterocycles. The minimum atomic E-state index is -4.09. The SMILES string of the molecule is O=C([O-])C1CC(C(=O)[O-])(C(=O)[O-])C(C(=O)[O-])C1(C(=O)[O-])C(=O)[O-].[Na+].[Na+].[Na+].[Na+].[Na+].[Na+]. The van der Waals surface area contributed by atoms with Crippen LogP contribution in [0.3, 0.4) is 0 Å². The molecular weight excluding hydrogens is 462 g/mol. The van der Waals surface area contributed by atoms with Crippen LogP contribution in [0, 0.1) is 22.7 Å². The summed E-state index contributed by atoms with van der Waals surface area (Å²) in [4.78, 5) is 66.7. The topological polar surface area (TPSA) is 241 Å². The minimum Gasteiger partial charge on any atom is -0.550 e. The largest absolute Gasteiger partial charge is 1.00 e. The molecule has 18 heteroatoms. The van der Waals surface area contributed by atoms with Gasteiger partial charge >= 0.3 is 177 Å². The molecule has 126 valence electrons. The first-order valence-corrected chi connectivity index (χ1v) is 5.65. The molecule has 1 saturated carbocycles. The van der Waals surface area contributed by atoms with Crippen molar-refractivity contribution in [3.63, 3.8) is 0 Å². The van der Waals surface area contributed by atoms with E-state index >= 15 is 0 Å². The molecule has 1 aliphatic carbocycles. The van der Waals surface area contributed by atoms with Gasteiger partial charge in [0.15, 0.2) is 0 Å². The van der Waals surface area contributed by atoms with Gasteiger partial charge < -0.3 is 59.4 Å². The molecule has 0 N–H and O–H groups in total. The second-order valence-corrected chi connectivity index (χ2v) is 4.82. The van der Waals surface area contributed by atoms with Gasteiger partial charge in [-0.1, -0.05) is 0 Å². The second-order valence-electron chi connectivity index (χ2n) is 4.82. The third-order valence-corrected chi connectivity index (χ3v) is 3.95. The predicted molar refractivity (Wildman–Crippen MR) is 46.5 cm³/mol. The average Bonchev–Trinajstić information content (AvgIpc) is 2.72. The molecule has 0 bridgehead atoms. The van der Waals surface area contributed by atoms with E-state index < -0.39 is 64.9 Å². The zero-order valence-electron chi connectivity index (χ0n) is 16.8. The van der Waals surface area contributed by atoms with Crippen LogP contribution in [0.15, 0.2) is 0 Å². The smallest absolute Gasteiger partial charge is 0.550 e. The second kappa shape index (κ2) is 17.3. The molecular formula is C11H4Na6O12. The van der Waals surface area contributed by atoms with Crippen LogP contribution in [0.4, 0.5) is 0 Å². The summed E-state index contributed by atoms with van der Waals surface area (Å²) in [7, 11) is 0. The van der Waals surface area contributed by atoms with Crippen molar-refractivity contribution in [3.05, 3.63) is 0 Å². The molecule has 0 spiro atoms. The molecule has 0 amide bonds. The normalized spacial score (nSPS) is 19.4. The molecule has 29 heavy (non-hydrogen) atoms. The van der Waals surface area contributed by atoms with Crippen LogP contribution in [0.1, 0.15) is 6.42 Å². The van der Waals surface area contributed by atoms with E-state index in [-0.39, 0.29) is 177 Å². The molecule has 2 atom stereocenters. The summed E-state index contributed by atoms with van der Waals surface area (Å²) < 4.78 is 0. The van der Waals surface area contributed by atoms with E-state index in [1.165, 1.54) is 0 Å². The summed E-state index contributed by atoms with van der Waals surface area (Å²) in [5.41, 5.74) is -7.92. The fraction of sp³-hybridized carbons (Fsp3) is 0.455. The summed E-state index contributed by atoms with van der Waals surface area (Å²) in [6.45, 7) is 0. The fourth-order valence-electron chi connectivity index (χ4n) is 2.94. The van der Waals surface area contributed by atoms with Crippen LogP contribution in [0.25, 0.3) is 0 Å². The van der Waals surface area contributed by atoms with Gasteiger partial charge in [-0.05, 0) is 6.42 Å². The molecule has 1 fully saturated rings. The standard InChI is InChI=1S/C11H10O12.6Na/c12-4(13)2-1-10(6(16)17,7(18)19)3(5(14)15)11(2,8(20)21)9(22)23;;;;;;/h2-3H,1H2,(H,12,13)(H,14,15)(H,16,17)(H,18,19)(H,20,21)(H,22,23);;;;;;/q;6*+1/p-6. The fourth-order valence-corrected chi connectivity index (χ4v) is 2.94. The third-order valence-electron chi connectivity index (χ3n) is 3.95. The molecule has 1 aliphatic rings. The Morgan fingerprint density at radius 1 is 0.552 bits per heavy atom. The van der Waals surface area contributed by atoms with E-state index in [9.17, 15) is 59.4 Å². The number of carboxylic acids is 6. The number of carbonyl (C=O) groups excluding carboxylic acids is 6. The van der Waals surface area contributed by atoms with Crippen LogP contribution < -0.4 is 208 Å². The Morgan fingerprint density at radius 3 is 1.03 bits per heavy atom. The van der Waals surface area contributed by atoms with Crippen molar-refractivity contribution in [2.24, 2.45) is 22.7 Å². The van der Waals surface area contributed by atoms with E-state index in [1.807, 2.05) is 0 Å². The maximum atomic E-state index is 11.2. The van der Waals surface area contributed by atoms with Gasteiger partial charge in [-0.3, -0.25) is 0 Å². The van der Waals surface area contributed by atoms with Gasteiger partial charge in [0.2, 0.25) is 0 Å². The Balaban J connectivity index is -0.000000220. The molecule has 0 aliphatic heterocycles. The Bertz CT molecular complexity index is 624. The molecule has 0 aromatic rings. The molecule has 2 unspecified atom stereocenters. The maximum absolute atomic E-state index is 11.2. The summed E-state index contributed by atoms with van der Waals surface area (Å²) >= 11 is 0. The monoisotopic (exact) mass is 466 g/mol. The van der Waals surface area contributed by atoms with Crippen molar-refractivity contribution in [1.82, 2.24) is 0 Å². The molecule has 0 aromatic carbocycles. The van der Waals surface area contributed by atoms with E-state index in [4.69, 9.17) is 0 Å². The third kappa shape index (κ3) is 7.66. The van der Waals surface area contributed by atoms with Crippen molar-refractivity contribution in [1.29, 1.82) is 0 Å². The van der Waals surface area contributed by atoms with Crippen LogP contribution in [-0.2, 0) is 28.8 Å². The zero-order chi connectivity index (χ0) is 18.3. The van der Waals surface area contributed by atoms with Gasteiger partial charge in [-0.25, -0.2) is 0 Å². The number of carbonyl (C=O) groups is 6. The quantitative estimate of drug-likeness (QED) is 0.262. The van der Waals surface area contributed by atoms with E-state index in [2.05, 4.69) is 0 Å². The van der Waals surface area contributed by atoms with E-state index in [1.54, 1.807) is 0 Å². The van der Waals surface area contributed by atoms with Crippen molar-refractivity contribution < 1.29 is 237 Å². The van der Waals surface area contributed by atoms with Crippen molar-refractivity contribution >= 4 is 35.8 Å². The van der Waals surface area contributed by atoms with Crippen LogP contribution in [0.2, 0.25) is 0 Å². The molecule has 1 rings (SSSR count). The summed E-state index contributed by atoms with van der Waals surface area (Å²) in [5, 5.41) is 66.7. The number of rotatable bonds is 6. The van der Waals surface area contributed by atoms with Gasteiger partial charge in [0.25, 0.3) is 0 Å². The van der Waals surface area contributed by atoms with Gasteiger partial charge in [-0.15, -0.1) is 0 Å². The van der Waals surface area contributed by atoms with Crippen molar-refractivity contribution in [2.45, 2.75) is 6.42 Å². The molecule has 0 heterocycles. The van der Waals surface area contributed by atoms with Gasteiger partial charge in [0.05, 0.1) is 34.7 Å². The van der Waals surface area contributed by atoms with E-state index in [0.29, 0.717) is 0 Å². The Labute approximate surface area is 296 Å². The number of hydrogen-bond donors (Lipinski definition) is 0. The molecule has 0 radical (unpaired) electrons. The number of aliphatic carboxylic acids is 6. The average molecular weight is 466 g/mol. The first-order valence-electron chi connectivity index (χ1n) is 5.65. The summed E-state index contributed by atoms with van der Waals surface area (Å²) in [6, 6.07) is 0. The van der Waals surface area contributed by atoms with Crippen molar-refractivity contribution in [3.8, 4) is 0 Å². The molecule has 12 nitrogen and oxygen atoms in total. The molecule has 0 aromatic heterocycles. The number of carboxylic acid groups (broad SMARTS) is 6. The van der Waals surface area contributed by atoms with Gasteiger partial charge in [0.1, 0.15) is 0 Å². The Hall–Kier alpha value is 2.82. The zero-order valence-corrected chi connectivity index (χ0v) is 28.8. The van der Waals surface area contributed by atoms with Crippen LogP contribution in [-0.4, -0.2) is 35.8 Å². The van der Waals surface area contributed by atoms with Gasteiger partial charge in [-0.2, -0.15) is 0 Å². The van der Waals surface area contributed by atoms with Crippen LogP contribution >= 0.6 is 0 Å². The summed E-state index contributed by atoms with van der Waals surface area (Å²) in [6.07, 6.45) is -1.82. The van der Waals surface area contributed by atoms with Gasteiger partial charge in [0, 0.05) is 23.8 Å². The van der Waals surface area contributed by atoms with E-state index in [0.717, 1.165) is 0 Å². The predicted octanol–water partition coefficient (Wildman–Crippen LogP) is -27.9. The first kappa shape index (κ1) is 45.3. The first-order chi connectivity index (χ1) is 10.4. The minimum absolute atomic E-state index is 0. The van der Waals surface area contributed by atoms with Crippen LogP contribution in [0.5, 0.6) is 0 Å². The Kier molecular flexibility index (Phi) is 27.0. The maximum Gasteiger partial charge on any atom is 1.00 e. The van der Waals surface area contributed by atoms with Crippen molar-refractivity contribution in [2.75, 3.05) is 0 Å². The Morgan fingerprint density at radius 2 is 0.862 bits per heavy atom. The summed E-state index contributed by atoms with van der Waals surface area (Å²) in [5.74, 6) is -23.1.